The van der Waals surface area contributed by atoms with Crippen molar-refractivity contribution >= 4 is 27.7 Å². The number of hydrogen-bond acceptors (Lipinski definition) is 9. The van der Waals surface area contributed by atoms with E-state index in [-0.39, 0.29) is 35.7 Å². The standard InChI is InChI=1S/C16H20N4O8S/c1-25-13-6-10(11(18-19-17)7-14(13)26-2)15(21)20-8-9(28-29(4,23)24)5-12(20)16(22)27-3/h6-7,9,12H,5,8H2,1-4H3/t9-,12+/m1/s1. The number of azide groups is 1. The van der Waals surface area contributed by atoms with Gasteiger partial charge in [0.1, 0.15) is 6.04 Å². The average Bonchev–Trinajstić information content (AvgIpc) is 3.08. The van der Waals surface area contributed by atoms with Crippen LogP contribution in [0.3, 0.4) is 0 Å². The summed E-state index contributed by atoms with van der Waals surface area (Å²) >= 11 is 0. The molecule has 0 N–H and O–H groups in total. The smallest absolute Gasteiger partial charge is 0.328 e. The fourth-order valence-corrected chi connectivity index (χ4v) is 3.66. The van der Waals surface area contributed by atoms with E-state index in [1.54, 1.807) is 0 Å². The Morgan fingerprint density at radius 3 is 2.34 bits per heavy atom. The molecular weight excluding hydrogens is 408 g/mol. The molecule has 1 heterocycles. The van der Waals surface area contributed by atoms with Crippen LogP contribution in [0, 0.1) is 0 Å². The third kappa shape index (κ3) is 5.08. The van der Waals surface area contributed by atoms with Gasteiger partial charge < -0.3 is 19.1 Å². The Bertz CT molecular complexity index is 958. The first-order chi connectivity index (χ1) is 13.6. The van der Waals surface area contributed by atoms with Gasteiger partial charge in [0.05, 0.1) is 44.9 Å². The van der Waals surface area contributed by atoms with Crippen molar-refractivity contribution in [2.45, 2.75) is 18.6 Å². The summed E-state index contributed by atoms with van der Waals surface area (Å²) in [5.74, 6) is -0.992. The van der Waals surface area contributed by atoms with Crippen molar-refractivity contribution in [2.24, 2.45) is 5.11 Å². The number of ether oxygens (including phenoxy) is 3. The first-order valence-corrected chi connectivity index (χ1v) is 10.0. The summed E-state index contributed by atoms with van der Waals surface area (Å²) in [6, 6.07) is 1.55. The van der Waals surface area contributed by atoms with Gasteiger partial charge in [0.25, 0.3) is 16.0 Å². The third-order valence-electron chi connectivity index (χ3n) is 4.19. The van der Waals surface area contributed by atoms with Crippen molar-refractivity contribution in [3.63, 3.8) is 0 Å². The molecule has 13 heteroatoms. The molecule has 12 nitrogen and oxygen atoms in total. The molecule has 0 saturated carbocycles. The van der Waals surface area contributed by atoms with Gasteiger partial charge in [0.2, 0.25) is 0 Å². The number of benzene rings is 1. The van der Waals surface area contributed by atoms with Gasteiger partial charge in [0, 0.05) is 17.9 Å². The summed E-state index contributed by atoms with van der Waals surface area (Å²) in [6.07, 6.45) is -0.130. The van der Waals surface area contributed by atoms with E-state index in [0.29, 0.717) is 0 Å². The van der Waals surface area contributed by atoms with Crippen LogP contribution in [0.15, 0.2) is 17.2 Å². The van der Waals surface area contributed by atoms with Crippen molar-refractivity contribution < 1.29 is 36.4 Å². The highest BCUT2D eigenvalue weighted by molar-refractivity contribution is 7.86. The SMILES string of the molecule is COC(=O)[C@@H]1C[C@@H](OS(C)(=O)=O)CN1C(=O)c1cc(OC)c(OC)cc1N=[N+]=[N-]. The molecule has 2 atom stereocenters. The molecule has 1 saturated heterocycles. The Balaban J connectivity index is 2.49. The lowest BCUT2D eigenvalue weighted by Crippen LogP contribution is -2.41. The summed E-state index contributed by atoms with van der Waals surface area (Å²) in [4.78, 5) is 29.2. The van der Waals surface area contributed by atoms with Gasteiger partial charge in [-0.2, -0.15) is 8.42 Å². The molecule has 158 valence electrons. The van der Waals surface area contributed by atoms with E-state index < -0.39 is 34.1 Å². The minimum absolute atomic E-state index is 0.0498. The van der Waals surface area contributed by atoms with Crippen molar-refractivity contribution in [3.05, 3.63) is 28.1 Å². The number of likely N-dealkylation sites (tertiary alicyclic amines) is 1. The van der Waals surface area contributed by atoms with Crippen molar-refractivity contribution in [1.29, 1.82) is 0 Å². The summed E-state index contributed by atoms with van der Waals surface area (Å²) in [5.41, 5.74) is 8.72. The van der Waals surface area contributed by atoms with Crippen molar-refractivity contribution in [2.75, 3.05) is 34.1 Å². The summed E-state index contributed by atoms with van der Waals surface area (Å²) in [5, 5.41) is 3.51. The summed E-state index contributed by atoms with van der Waals surface area (Å²) in [7, 11) is 0.0822. The van der Waals surface area contributed by atoms with Crippen LogP contribution in [0.2, 0.25) is 0 Å². The molecule has 0 aromatic heterocycles. The Kier molecular flexibility index (Phi) is 6.90. The van der Waals surface area contributed by atoms with E-state index in [1.807, 2.05) is 0 Å². The van der Waals surface area contributed by atoms with E-state index in [4.69, 9.17) is 23.9 Å². The van der Waals surface area contributed by atoms with Gasteiger partial charge >= 0.3 is 5.97 Å². The van der Waals surface area contributed by atoms with Gasteiger partial charge in [-0.05, 0) is 17.7 Å². The second kappa shape index (κ2) is 8.99. The quantitative estimate of drug-likeness (QED) is 0.207. The largest absolute Gasteiger partial charge is 0.493 e. The van der Waals surface area contributed by atoms with Crippen LogP contribution in [-0.4, -0.2) is 71.5 Å². The molecule has 0 aliphatic carbocycles. The van der Waals surface area contributed by atoms with Crippen LogP contribution in [0.25, 0.3) is 10.4 Å². The third-order valence-corrected chi connectivity index (χ3v) is 4.81. The van der Waals surface area contributed by atoms with Crippen LogP contribution in [0.5, 0.6) is 11.5 Å². The van der Waals surface area contributed by atoms with Crippen LogP contribution >= 0.6 is 0 Å². The normalized spacial score (nSPS) is 18.7. The topological polar surface area (TPSA) is 157 Å². The second-order valence-electron chi connectivity index (χ2n) is 6.07. The maximum atomic E-state index is 13.2. The highest BCUT2D eigenvalue weighted by atomic mass is 32.2. The summed E-state index contributed by atoms with van der Waals surface area (Å²) < 4.78 is 42.9. The molecule has 0 radical (unpaired) electrons. The fraction of sp³-hybridized carbons (Fsp3) is 0.500. The molecule has 1 aliphatic heterocycles. The molecule has 1 fully saturated rings. The number of methoxy groups -OCH3 is 3. The number of rotatable bonds is 7. The Labute approximate surface area is 167 Å². The molecule has 1 aromatic carbocycles. The van der Waals surface area contributed by atoms with Crippen LogP contribution in [0.1, 0.15) is 16.8 Å². The van der Waals surface area contributed by atoms with Crippen molar-refractivity contribution in [3.8, 4) is 11.5 Å². The molecule has 29 heavy (non-hydrogen) atoms. The first-order valence-electron chi connectivity index (χ1n) is 8.23. The Morgan fingerprint density at radius 1 is 1.21 bits per heavy atom. The van der Waals surface area contributed by atoms with Crippen LogP contribution < -0.4 is 9.47 Å². The van der Waals surface area contributed by atoms with Gasteiger partial charge in [-0.1, -0.05) is 5.11 Å². The van der Waals surface area contributed by atoms with Crippen LogP contribution in [-0.2, 0) is 23.8 Å². The summed E-state index contributed by atoms with van der Waals surface area (Å²) in [6.45, 7) is -0.185. The molecule has 0 spiro atoms. The van der Waals surface area contributed by atoms with E-state index >= 15 is 0 Å². The molecule has 1 aliphatic rings. The van der Waals surface area contributed by atoms with Gasteiger partial charge in [-0.25, -0.2) is 4.79 Å². The Hall–Kier alpha value is -3.02. The zero-order valence-electron chi connectivity index (χ0n) is 16.2. The lowest BCUT2D eigenvalue weighted by Gasteiger charge is -2.23. The fourth-order valence-electron chi connectivity index (χ4n) is 3.02. The van der Waals surface area contributed by atoms with E-state index in [1.165, 1.54) is 26.4 Å². The molecular formula is C16H20N4O8S. The average molecular weight is 428 g/mol. The minimum atomic E-state index is -3.81. The van der Waals surface area contributed by atoms with Gasteiger partial charge in [0.15, 0.2) is 11.5 Å². The molecule has 2 rings (SSSR count). The zero-order valence-corrected chi connectivity index (χ0v) is 17.0. The van der Waals surface area contributed by atoms with E-state index in [9.17, 15) is 18.0 Å². The predicted octanol–water partition coefficient (Wildman–Crippen LogP) is 1.38. The van der Waals surface area contributed by atoms with E-state index in [0.717, 1.165) is 18.3 Å². The monoisotopic (exact) mass is 428 g/mol. The molecule has 1 aromatic rings. The second-order valence-corrected chi connectivity index (χ2v) is 7.67. The highest BCUT2D eigenvalue weighted by Crippen LogP contribution is 2.37. The maximum Gasteiger partial charge on any atom is 0.328 e. The number of esters is 1. The lowest BCUT2D eigenvalue weighted by atomic mass is 10.1. The lowest BCUT2D eigenvalue weighted by molar-refractivity contribution is -0.145. The number of amides is 1. The van der Waals surface area contributed by atoms with Gasteiger partial charge in [-0.15, -0.1) is 0 Å². The molecule has 0 bridgehead atoms. The molecule has 1 amide bonds. The Morgan fingerprint density at radius 2 is 1.83 bits per heavy atom. The number of carbonyl (C=O) groups excluding carboxylic acids is 2. The molecule has 0 unspecified atom stereocenters. The number of nitrogens with zero attached hydrogens (tertiary/aromatic N) is 4. The minimum Gasteiger partial charge on any atom is -0.493 e. The van der Waals surface area contributed by atoms with Crippen LogP contribution in [0.4, 0.5) is 5.69 Å². The predicted molar refractivity (Wildman–Crippen MR) is 99.5 cm³/mol. The van der Waals surface area contributed by atoms with Crippen molar-refractivity contribution in [1.82, 2.24) is 4.90 Å². The highest BCUT2D eigenvalue weighted by Gasteiger charge is 2.43. The van der Waals surface area contributed by atoms with Gasteiger partial charge in [-0.3, -0.25) is 8.98 Å². The first kappa shape index (κ1) is 22.3. The number of carbonyl (C=O) groups is 2. The number of hydrogen-bond donors (Lipinski definition) is 0. The zero-order chi connectivity index (χ0) is 21.8. The van der Waals surface area contributed by atoms with E-state index in [2.05, 4.69) is 10.0 Å². The maximum absolute atomic E-state index is 13.2.